The maximum absolute atomic E-state index is 11.8. The fraction of sp³-hybridized carbons (Fsp3) is 0.500. The molecule has 1 aromatic carbocycles. The maximum Gasteiger partial charge on any atom is 0.260 e. The lowest BCUT2D eigenvalue weighted by Gasteiger charge is -2.23. The topological polar surface area (TPSA) is 59.0 Å². The van der Waals surface area contributed by atoms with E-state index in [2.05, 4.69) is 0 Å². The molecule has 0 aliphatic heterocycles. The molecule has 1 N–H and O–H groups in total. The van der Waals surface area contributed by atoms with E-state index in [-0.39, 0.29) is 25.2 Å². The number of amides is 1. The number of carbonyl (C=O) groups excluding carboxylic acids is 1. The Balaban J connectivity index is 2.64. The smallest absolute Gasteiger partial charge is 0.260 e. The highest BCUT2D eigenvalue weighted by atomic mass is 16.5. The van der Waals surface area contributed by atoms with E-state index in [1.54, 1.807) is 27.1 Å². The summed E-state index contributed by atoms with van der Waals surface area (Å²) in [6.07, 6.45) is 0. The third-order valence-electron chi connectivity index (χ3n) is 2.99. The van der Waals surface area contributed by atoms with Gasteiger partial charge in [-0.05, 0) is 31.5 Å². The zero-order valence-corrected chi connectivity index (χ0v) is 11.8. The van der Waals surface area contributed by atoms with Crippen LogP contribution in [0.2, 0.25) is 0 Å². The van der Waals surface area contributed by atoms with E-state index in [0.717, 1.165) is 5.56 Å². The zero-order chi connectivity index (χ0) is 14.4. The Hall–Kier alpha value is -1.75. The summed E-state index contributed by atoms with van der Waals surface area (Å²) >= 11 is 0. The Morgan fingerprint density at radius 2 is 2.11 bits per heavy atom. The van der Waals surface area contributed by atoms with Gasteiger partial charge in [0.25, 0.3) is 5.91 Å². The monoisotopic (exact) mass is 267 g/mol. The molecule has 0 aromatic heterocycles. The Labute approximate surface area is 113 Å². The lowest BCUT2D eigenvalue weighted by molar-refractivity contribution is -0.134. The molecule has 1 atom stereocenters. The van der Waals surface area contributed by atoms with Gasteiger partial charge in [-0.1, -0.05) is 6.07 Å². The number of nitrogens with zero attached hydrogens (tertiary/aromatic N) is 1. The van der Waals surface area contributed by atoms with Crippen molar-refractivity contribution in [3.05, 3.63) is 23.8 Å². The Kier molecular flexibility index (Phi) is 5.63. The molecule has 0 saturated carbocycles. The van der Waals surface area contributed by atoms with Crippen molar-refractivity contribution in [2.45, 2.75) is 19.9 Å². The minimum atomic E-state index is -0.226. The van der Waals surface area contributed by atoms with Crippen LogP contribution < -0.4 is 9.47 Å². The van der Waals surface area contributed by atoms with Crippen molar-refractivity contribution in [1.29, 1.82) is 0 Å². The first-order chi connectivity index (χ1) is 8.99. The van der Waals surface area contributed by atoms with Crippen molar-refractivity contribution in [2.75, 3.05) is 27.4 Å². The Morgan fingerprint density at radius 3 is 2.68 bits per heavy atom. The molecule has 0 fully saturated rings. The number of ether oxygens (including phenoxy) is 2. The van der Waals surface area contributed by atoms with Crippen LogP contribution in [-0.4, -0.2) is 49.3 Å². The number of aryl methyl sites for hydroxylation is 1. The lowest BCUT2D eigenvalue weighted by atomic mass is 10.2. The van der Waals surface area contributed by atoms with Crippen LogP contribution in [-0.2, 0) is 4.79 Å². The van der Waals surface area contributed by atoms with Crippen LogP contribution in [0.5, 0.6) is 11.5 Å². The first kappa shape index (κ1) is 15.3. The van der Waals surface area contributed by atoms with Crippen molar-refractivity contribution in [1.82, 2.24) is 4.90 Å². The van der Waals surface area contributed by atoms with Crippen LogP contribution in [0.1, 0.15) is 12.5 Å². The lowest BCUT2D eigenvalue weighted by Crippen LogP contribution is -2.40. The Bertz CT molecular complexity index is 433. The molecule has 1 aromatic rings. The van der Waals surface area contributed by atoms with E-state index in [1.165, 1.54) is 4.90 Å². The van der Waals surface area contributed by atoms with Crippen LogP contribution in [0.4, 0.5) is 0 Å². The van der Waals surface area contributed by atoms with Crippen molar-refractivity contribution < 1.29 is 19.4 Å². The summed E-state index contributed by atoms with van der Waals surface area (Å²) < 4.78 is 10.7. The standard InChI is InChI=1S/C14H21NO4/c1-10-5-6-12(13(7-10)18-4)19-9-14(17)15(3)11(2)8-16/h5-7,11,16H,8-9H2,1-4H3. The highest BCUT2D eigenvalue weighted by Crippen LogP contribution is 2.27. The van der Waals surface area contributed by atoms with Crippen LogP contribution >= 0.6 is 0 Å². The quantitative estimate of drug-likeness (QED) is 0.842. The summed E-state index contributed by atoms with van der Waals surface area (Å²) in [6, 6.07) is 5.29. The van der Waals surface area contributed by atoms with Gasteiger partial charge in [0.05, 0.1) is 19.8 Å². The number of hydrogen-bond donors (Lipinski definition) is 1. The molecule has 0 spiro atoms. The minimum absolute atomic E-state index is 0.0733. The van der Waals surface area contributed by atoms with Crippen molar-refractivity contribution >= 4 is 5.91 Å². The molecule has 0 aliphatic rings. The molecule has 1 amide bonds. The largest absolute Gasteiger partial charge is 0.493 e. The number of hydrogen-bond acceptors (Lipinski definition) is 4. The van der Waals surface area contributed by atoms with E-state index in [4.69, 9.17) is 14.6 Å². The van der Waals surface area contributed by atoms with E-state index < -0.39 is 0 Å². The van der Waals surface area contributed by atoms with Crippen molar-refractivity contribution in [3.8, 4) is 11.5 Å². The molecule has 0 saturated heterocycles. The number of likely N-dealkylation sites (N-methyl/N-ethyl adjacent to an activating group) is 1. The van der Waals surface area contributed by atoms with Crippen molar-refractivity contribution in [3.63, 3.8) is 0 Å². The average Bonchev–Trinajstić information content (AvgIpc) is 2.43. The van der Waals surface area contributed by atoms with E-state index >= 15 is 0 Å². The molecule has 1 unspecified atom stereocenters. The SMILES string of the molecule is COc1cc(C)ccc1OCC(=O)N(C)C(C)CO. The normalized spacial score (nSPS) is 11.8. The first-order valence-electron chi connectivity index (χ1n) is 6.13. The highest BCUT2D eigenvalue weighted by molar-refractivity contribution is 5.77. The molecular formula is C14H21NO4. The molecule has 1 rings (SSSR count). The highest BCUT2D eigenvalue weighted by Gasteiger charge is 2.16. The fourth-order valence-corrected chi connectivity index (χ4v) is 1.50. The molecule has 106 valence electrons. The fourth-order valence-electron chi connectivity index (χ4n) is 1.50. The molecule has 19 heavy (non-hydrogen) atoms. The predicted octanol–water partition coefficient (Wildman–Crippen LogP) is 1.22. The van der Waals surface area contributed by atoms with Crippen LogP contribution in [0.3, 0.4) is 0 Å². The summed E-state index contributed by atoms with van der Waals surface area (Å²) in [6.45, 7) is 3.56. The van der Waals surface area contributed by atoms with Crippen molar-refractivity contribution in [2.24, 2.45) is 0 Å². The summed E-state index contributed by atoms with van der Waals surface area (Å²) in [5.41, 5.74) is 1.06. The molecular weight excluding hydrogens is 246 g/mol. The third-order valence-corrected chi connectivity index (χ3v) is 2.99. The average molecular weight is 267 g/mol. The minimum Gasteiger partial charge on any atom is -0.493 e. The van der Waals surface area contributed by atoms with Gasteiger partial charge in [-0.2, -0.15) is 0 Å². The molecule has 0 radical (unpaired) electrons. The number of rotatable bonds is 6. The second-order valence-corrected chi connectivity index (χ2v) is 4.48. The van der Waals surface area contributed by atoms with Gasteiger partial charge in [0.15, 0.2) is 18.1 Å². The molecule has 0 bridgehead atoms. The number of methoxy groups -OCH3 is 1. The van der Waals surface area contributed by atoms with Gasteiger partial charge < -0.3 is 19.5 Å². The number of aliphatic hydroxyl groups is 1. The summed E-state index contributed by atoms with van der Waals surface area (Å²) in [7, 11) is 3.20. The number of carbonyl (C=O) groups is 1. The summed E-state index contributed by atoms with van der Waals surface area (Å²) in [5.74, 6) is 0.946. The van der Waals surface area contributed by atoms with Crippen LogP contribution in [0.15, 0.2) is 18.2 Å². The van der Waals surface area contributed by atoms with E-state index in [0.29, 0.717) is 11.5 Å². The number of aliphatic hydroxyl groups excluding tert-OH is 1. The second-order valence-electron chi connectivity index (χ2n) is 4.48. The molecule has 5 heteroatoms. The maximum atomic E-state index is 11.8. The van der Waals surface area contributed by atoms with Gasteiger partial charge in [0.2, 0.25) is 0 Å². The number of benzene rings is 1. The van der Waals surface area contributed by atoms with Crippen LogP contribution in [0.25, 0.3) is 0 Å². The Morgan fingerprint density at radius 1 is 1.42 bits per heavy atom. The first-order valence-corrected chi connectivity index (χ1v) is 6.13. The van der Waals surface area contributed by atoms with Gasteiger partial charge in [-0.25, -0.2) is 0 Å². The summed E-state index contributed by atoms with van der Waals surface area (Å²) in [4.78, 5) is 13.3. The predicted molar refractivity (Wildman–Crippen MR) is 72.5 cm³/mol. The van der Waals surface area contributed by atoms with Gasteiger partial charge in [0.1, 0.15) is 0 Å². The van der Waals surface area contributed by atoms with Gasteiger partial charge in [-0.15, -0.1) is 0 Å². The third kappa shape index (κ3) is 4.13. The summed E-state index contributed by atoms with van der Waals surface area (Å²) in [5, 5.41) is 9.00. The molecule has 0 aliphatic carbocycles. The van der Waals surface area contributed by atoms with E-state index in [9.17, 15) is 4.79 Å². The molecule has 5 nitrogen and oxygen atoms in total. The second kappa shape index (κ2) is 6.99. The van der Waals surface area contributed by atoms with Gasteiger partial charge in [0, 0.05) is 7.05 Å². The molecule has 0 heterocycles. The van der Waals surface area contributed by atoms with Gasteiger partial charge >= 0.3 is 0 Å². The van der Waals surface area contributed by atoms with E-state index in [1.807, 2.05) is 19.1 Å². The van der Waals surface area contributed by atoms with Crippen LogP contribution in [0, 0.1) is 6.92 Å². The van der Waals surface area contributed by atoms with Gasteiger partial charge in [-0.3, -0.25) is 4.79 Å². The zero-order valence-electron chi connectivity index (χ0n) is 11.8.